The molecule has 7 rings (SSSR count). The van der Waals surface area contributed by atoms with E-state index < -0.39 is 29.3 Å². The SMILES string of the molecule is COC(=O)C1(C)Nc2c(OC(=O)N3CCC(N4CCCCC4)CC3)cc3c(c2C1=O)CC(Br)CN3C(=O)c1cc2cc(OC)c(OC)c(OC)c2[nH]1. The van der Waals surface area contributed by atoms with Crippen LogP contribution in [0, 0.1) is 0 Å². The van der Waals surface area contributed by atoms with Crippen LogP contribution in [0.15, 0.2) is 18.2 Å². The van der Waals surface area contributed by atoms with Gasteiger partial charge < -0.3 is 48.7 Å². The van der Waals surface area contributed by atoms with Crippen LogP contribution in [-0.2, 0) is 16.0 Å². The van der Waals surface area contributed by atoms with Gasteiger partial charge >= 0.3 is 12.1 Å². The Labute approximate surface area is 310 Å². The van der Waals surface area contributed by atoms with Crippen LogP contribution in [0.5, 0.6) is 23.0 Å². The molecule has 2 amide bonds. The number of esters is 1. The predicted octanol–water partition coefficient (Wildman–Crippen LogP) is 5.15. The van der Waals surface area contributed by atoms with Gasteiger partial charge in [0.25, 0.3) is 5.91 Å². The van der Waals surface area contributed by atoms with Gasteiger partial charge in [-0.15, -0.1) is 0 Å². The van der Waals surface area contributed by atoms with E-state index in [0.717, 1.165) is 25.9 Å². The topological polar surface area (TPSA) is 152 Å². The summed E-state index contributed by atoms with van der Waals surface area (Å²) in [5.74, 6) is -0.472. The first-order chi connectivity index (χ1) is 25.0. The molecule has 15 heteroatoms. The van der Waals surface area contributed by atoms with Gasteiger partial charge in [0.15, 0.2) is 22.8 Å². The maximum absolute atomic E-state index is 14.5. The molecule has 4 aliphatic heterocycles. The summed E-state index contributed by atoms with van der Waals surface area (Å²) in [6, 6.07) is 5.49. The third-order valence-corrected chi connectivity index (χ3v) is 11.5. The molecule has 2 unspecified atom stereocenters. The second-order valence-corrected chi connectivity index (χ2v) is 15.2. The van der Waals surface area contributed by atoms with E-state index in [2.05, 4.69) is 31.1 Å². The highest BCUT2D eigenvalue weighted by atomic mass is 79.9. The molecule has 0 radical (unpaired) electrons. The molecule has 0 bridgehead atoms. The Bertz CT molecular complexity index is 1930. The predicted molar refractivity (Wildman–Crippen MR) is 197 cm³/mol. The number of hydrogen-bond acceptors (Lipinski definition) is 11. The van der Waals surface area contributed by atoms with Gasteiger partial charge in [0.1, 0.15) is 5.69 Å². The number of ether oxygens (including phenoxy) is 5. The number of rotatable bonds is 7. The fourth-order valence-electron chi connectivity index (χ4n) is 8.13. The number of nitrogens with one attached hydrogen (secondary N) is 2. The Balaban J connectivity index is 1.26. The Kier molecular flexibility index (Phi) is 9.76. The van der Waals surface area contributed by atoms with E-state index in [-0.39, 0.29) is 34.1 Å². The molecule has 2 fully saturated rings. The van der Waals surface area contributed by atoms with E-state index in [9.17, 15) is 19.2 Å². The Morgan fingerprint density at radius 3 is 2.27 bits per heavy atom. The minimum absolute atomic E-state index is 0.0523. The van der Waals surface area contributed by atoms with Crippen LogP contribution in [0.2, 0.25) is 0 Å². The zero-order valence-corrected chi connectivity index (χ0v) is 31.6. The van der Waals surface area contributed by atoms with Gasteiger partial charge in [-0.25, -0.2) is 9.59 Å². The number of carbonyl (C=O) groups excluding carboxylic acids is 4. The number of H-pyrrole nitrogens is 1. The van der Waals surface area contributed by atoms with Crippen LogP contribution in [0.25, 0.3) is 10.9 Å². The lowest BCUT2D eigenvalue weighted by atomic mass is 9.88. The maximum atomic E-state index is 14.5. The number of nitrogens with zero attached hydrogens (tertiary/aromatic N) is 3. The summed E-state index contributed by atoms with van der Waals surface area (Å²) in [7, 11) is 5.74. The highest BCUT2D eigenvalue weighted by Crippen LogP contribution is 2.49. The lowest BCUT2D eigenvalue weighted by Gasteiger charge is -2.39. The van der Waals surface area contributed by atoms with E-state index >= 15 is 0 Å². The summed E-state index contributed by atoms with van der Waals surface area (Å²) in [6.45, 7) is 4.95. The largest absolute Gasteiger partial charge is 0.493 e. The number of carbonyl (C=O) groups is 4. The zero-order valence-electron chi connectivity index (χ0n) is 30.1. The van der Waals surface area contributed by atoms with Crippen molar-refractivity contribution in [1.82, 2.24) is 14.8 Å². The number of ketones is 1. The quantitative estimate of drug-likeness (QED) is 0.186. The van der Waals surface area contributed by atoms with E-state index in [1.807, 2.05) is 0 Å². The van der Waals surface area contributed by atoms with Crippen molar-refractivity contribution in [2.75, 3.05) is 71.4 Å². The Hall–Kier alpha value is -4.50. The zero-order chi connectivity index (χ0) is 36.9. The first-order valence-corrected chi connectivity index (χ1v) is 18.5. The molecule has 2 N–H and O–H groups in total. The van der Waals surface area contributed by atoms with Crippen LogP contribution < -0.4 is 29.2 Å². The number of hydrogen-bond donors (Lipinski definition) is 2. The van der Waals surface area contributed by atoms with Crippen molar-refractivity contribution in [3.05, 3.63) is 35.0 Å². The van der Waals surface area contributed by atoms with Gasteiger partial charge in [0.2, 0.25) is 11.5 Å². The van der Waals surface area contributed by atoms with Crippen LogP contribution in [-0.4, -0.2) is 116 Å². The number of benzene rings is 2. The number of Topliss-reactive ketones (excluding diaryl/α,β-unsaturated/α-hetero) is 1. The van der Waals surface area contributed by atoms with E-state index in [4.69, 9.17) is 23.7 Å². The standard InChI is InChI=1S/C37H44BrN5O9/c1-37(35(46)51-5)33(44)28-23-17-21(38)19-43(34(45)24-15-20-16-27(48-2)31(49-3)32(50-4)29(20)39-24)25(23)18-26(30(28)40-37)52-36(47)42-13-9-22(10-14-42)41-11-7-6-8-12-41/h15-16,18,21-22,39-40H,6-14,17,19H2,1-5H3. The van der Waals surface area contributed by atoms with Crippen molar-refractivity contribution < 1.29 is 42.9 Å². The van der Waals surface area contributed by atoms with E-state index in [0.29, 0.717) is 65.0 Å². The average molecular weight is 783 g/mol. The normalized spacial score (nSPS) is 22.0. The molecule has 1 aromatic heterocycles. The smallest absolute Gasteiger partial charge is 0.415 e. The molecule has 2 saturated heterocycles. The fourth-order valence-corrected chi connectivity index (χ4v) is 8.74. The van der Waals surface area contributed by atoms with Crippen molar-refractivity contribution in [2.45, 2.75) is 61.9 Å². The van der Waals surface area contributed by atoms with Crippen molar-refractivity contribution >= 4 is 62.0 Å². The molecule has 52 heavy (non-hydrogen) atoms. The van der Waals surface area contributed by atoms with Crippen molar-refractivity contribution in [3.8, 4) is 23.0 Å². The number of piperidine rings is 2. The number of anilines is 2. The van der Waals surface area contributed by atoms with Crippen molar-refractivity contribution in [1.29, 1.82) is 0 Å². The Morgan fingerprint density at radius 2 is 1.62 bits per heavy atom. The highest BCUT2D eigenvalue weighted by Gasteiger charge is 2.52. The van der Waals surface area contributed by atoms with Gasteiger partial charge in [-0.3, -0.25) is 9.59 Å². The molecular formula is C37H44BrN5O9. The molecule has 0 saturated carbocycles. The molecule has 2 aromatic carbocycles. The van der Waals surface area contributed by atoms with Gasteiger partial charge in [0, 0.05) is 42.0 Å². The van der Waals surface area contributed by atoms with Crippen molar-refractivity contribution in [2.24, 2.45) is 0 Å². The molecule has 14 nitrogen and oxygen atoms in total. The molecule has 5 heterocycles. The molecular weight excluding hydrogens is 738 g/mol. The summed E-state index contributed by atoms with van der Waals surface area (Å²) in [6.07, 6.45) is 5.17. The summed E-state index contributed by atoms with van der Waals surface area (Å²) in [5.41, 5.74) is 0.369. The lowest BCUT2D eigenvalue weighted by molar-refractivity contribution is -0.143. The summed E-state index contributed by atoms with van der Waals surface area (Å²) >= 11 is 3.70. The number of alkyl halides is 1. The first-order valence-electron chi connectivity index (χ1n) is 17.6. The minimum Gasteiger partial charge on any atom is -0.493 e. The lowest BCUT2D eigenvalue weighted by Crippen LogP contribution is -2.48. The van der Waals surface area contributed by atoms with E-state index in [1.165, 1.54) is 54.6 Å². The van der Waals surface area contributed by atoms with Crippen LogP contribution in [0.4, 0.5) is 16.2 Å². The fraction of sp³-hybridized carbons (Fsp3) is 0.514. The third kappa shape index (κ3) is 6.00. The maximum Gasteiger partial charge on any atom is 0.415 e. The number of likely N-dealkylation sites (tertiary alicyclic amines) is 2. The monoisotopic (exact) mass is 781 g/mol. The number of fused-ring (bicyclic) bond motifs is 4. The van der Waals surface area contributed by atoms with Gasteiger partial charge in [-0.05, 0) is 69.8 Å². The highest BCUT2D eigenvalue weighted by molar-refractivity contribution is 9.09. The van der Waals surface area contributed by atoms with Gasteiger partial charge in [-0.1, -0.05) is 22.4 Å². The third-order valence-electron chi connectivity index (χ3n) is 10.8. The average Bonchev–Trinajstić information content (AvgIpc) is 3.72. The second-order valence-electron chi connectivity index (χ2n) is 13.9. The number of amides is 2. The van der Waals surface area contributed by atoms with E-state index in [1.54, 1.807) is 28.0 Å². The van der Waals surface area contributed by atoms with Crippen LogP contribution in [0.1, 0.15) is 65.4 Å². The number of aromatic amines is 1. The molecule has 278 valence electrons. The van der Waals surface area contributed by atoms with Crippen molar-refractivity contribution in [3.63, 3.8) is 0 Å². The molecule has 2 atom stereocenters. The summed E-state index contributed by atoms with van der Waals surface area (Å²) in [5, 5.41) is 3.70. The molecule has 4 aliphatic rings. The van der Waals surface area contributed by atoms with Crippen LogP contribution >= 0.6 is 15.9 Å². The van der Waals surface area contributed by atoms with Gasteiger partial charge in [0.05, 0.1) is 50.9 Å². The van der Waals surface area contributed by atoms with Gasteiger partial charge in [-0.2, -0.15) is 0 Å². The number of halogens is 1. The molecule has 0 aliphatic carbocycles. The second kappa shape index (κ2) is 14.1. The van der Waals surface area contributed by atoms with Crippen LogP contribution in [0.3, 0.4) is 0 Å². The summed E-state index contributed by atoms with van der Waals surface area (Å²) < 4.78 is 27.8. The summed E-state index contributed by atoms with van der Waals surface area (Å²) in [4.78, 5) is 64.2. The number of methoxy groups -OCH3 is 4. The Morgan fingerprint density at radius 1 is 0.904 bits per heavy atom. The molecule has 0 spiro atoms. The first kappa shape index (κ1) is 35.9. The molecule has 3 aromatic rings. The minimum atomic E-state index is -1.76. The number of aromatic nitrogens is 1.